The van der Waals surface area contributed by atoms with Crippen molar-refractivity contribution < 1.29 is 19.1 Å². The van der Waals surface area contributed by atoms with E-state index in [-0.39, 0.29) is 29.9 Å². The van der Waals surface area contributed by atoms with Crippen molar-refractivity contribution >= 4 is 11.9 Å². The first kappa shape index (κ1) is 18.4. The molecule has 2 aliphatic heterocycles. The predicted molar refractivity (Wildman–Crippen MR) is 94.7 cm³/mol. The Morgan fingerprint density at radius 1 is 1.15 bits per heavy atom. The number of hydrogen-bond acceptors (Lipinski definition) is 5. The van der Waals surface area contributed by atoms with Crippen LogP contribution in [0.3, 0.4) is 0 Å². The molecule has 1 amide bonds. The Balaban J connectivity index is 1.73. The van der Waals surface area contributed by atoms with Crippen molar-refractivity contribution in [2.75, 3.05) is 13.2 Å². The van der Waals surface area contributed by atoms with Crippen molar-refractivity contribution in [2.24, 2.45) is 5.92 Å². The second kappa shape index (κ2) is 7.08. The molecule has 2 bridgehead atoms. The maximum Gasteiger partial charge on any atom is 0.410 e. The van der Waals surface area contributed by atoms with E-state index in [9.17, 15) is 9.59 Å². The molecule has 3 rings (SSSR count). The normalized spacial score (nSPS) is 25.3. The number of benzene rings is 1. The minimum Gasteiger partial charge on any atom is -0.444 e. The molecule has 2 atom stereocenters. The summed E-state index contributed by atoms with van der Waals surface area (Å²) >= 11 is 0. The number of ketones is 1. The zero-order valence-electron chi connectivity index (χ0n) is 15.4. The first-order valence-corrected chi connectivity index (χ1v) is 8.92. The quantitative estimate of drug-likeness (QED) is 0.761. The van der Waals surface area contributed by atoms with Gasteiger partial charge in [-0.25, -0.2) is 4.79 Å². The standard InChI is InChI=1S/C20H24N2O4/c1-20(2,3)26-19(24)22-16-8-15(9-17(22)12-25-11-16)18(23)14-6-4-13(10-21)5-7-14/h4-7,15-17H,8-9,11-12H2,1-3H3. The van der Waals surface area contributed by atoms with Gasteiger partial charge in [-0.15, -0.1) is 0 Å². The third-order valence-corrected chi connectivity index (χ3v) is 4.79. The highest BCUT2D eigenvalue weighted by Crippen LogP contribution is 2.34. The summed E-state index contributed by atoms with van der Waals surface area (Å²) in [5.41, 5.74) is 0.590. The van der Waals surface area contributed by atoms with Crippen LogP contribution in [0.25, 0.3) is 0 Å². The Kier molecular flexibility index (Phi) is 5.01. The number of Topliss-reactive ketones (excluding diaryl/α,β-unsaturated/α-hetero) is 1. The molecule has 2 aliphatic rings. The molecule has 1 aromatic carbocycles. The summed E-state index contributed by atoms with van der Waals surface area (Å²) in [6, 6.07) is 8.48. The molecular formula is C20H24N2O4. The summed E-state index contributed by atoms with van der Waals surface area (Å²) in [6.07, 6.45) is 0.795. The summed E-state index contributed by atoms with van der Waals surface area (Å²) in [4.78, 5) is 27.2. The number of fused-ring (bicyclic) bond motifs is 2. The molecular weight excluding hydrogens is 332 g/mol. The van der Waals surface area contributed by atoms with Crippen molar-refractivity contribution in [1.82, 2.24) is 4.90 Å². The summed E-state index contributed by atoms with van der Waals surface area (Å²) < 4.78 is 11.1. The molecule has 0 N–H and O–H groups in total. The van der Waals surface area contributed by atoms with Crippen LogP contribution in [0.1, 0.15) is 49.5 Å². The van der Waals surface area contributed by atoms with E-state index in [1.165, 1.54) is 0 Å². The molecule has 0 radical (unpaired) electrons. The Morgan fingerprint density at radius 2 is 1.73 bits per heavy atom. The van der Waals surface area contributed by atoms with Gasteiger partial charge >= 0.3 is 6.09 Å². The van der Waals surface area contributed by atoms with Gasteiger partial charge in [0.05, 0.1) is 36.9 Å². The van der Waals surface area contributed by atoms with Crippen LogP contribution in [0.2, 0.25) is 0 Å². The average Bonchev–Trinajstić information content (AvgIpc) is 2.58. The number of piperidine rings is 1. The highest BCUT2D eigenvalue weighted by atomic mass is 16.6. The Labute approximate surface area is 153 Å². The van der Waals surface area contributed by atoms with E-state index in [0.717, 1.165) is 0 Å². The van der Waals surface area contributed by atoms with E-state index in [0.29, 0.717) is 37.2 Å². The Morgan fingerprint density at radius 3 is 2.23 bits per heavy atom. The van der Waals surface area contributed by atoms with Crippen LogP contribution in [0.15, 0.2) is 24.3 Å². The zero-order valence-corrected chi connectivity index (χ0v) is 15.4. The average molecular weight is 356 g/mol. The Bertz CT molecular complexity index is 716. The lowest BCUT2D eigenvalue weighted by Crippen LogP contribution is -2.60. The third-order valence-electron chi connectivity index (χ3n) is 4.79. The van der Waals surface area contributed by atoms with E-state index in [1.807, 2.05) is 20.8 Å². The van der Waals surface area contributed by atoms with Crippen LogP contribution >= 0.6 is 0 Å². The van der Waals surface area contributed by atoms with Crippen molar-refractivity contribution in [1.29, 1.82) is 5.26 Å². The molecule has 6 heteroatoms. The van der Waals surface area contributed by atoms with E-state index >= 15 is 0 Å². The molecule has 2 unspecified atom stereocenters. The molecule has 6 nitrogen and oxygen atoms in total. The Hall–Kier alpha value is -2.39. The number of ether oxygens (including phenoxy) is 2. The summed E-state index contributed by atoms with van der Waals surface area (Å²) in [5.74, 6) is -0.0873. The van der Waals surface area contributed by atoms with E-state index in [1.54, 1.807) is 29.2 Å². The van der Waals surface area contributed by atoms with Gasteiger partial charge < -0.3 is 9.47 Å². The predicted octanol–water partition coefficient (Wildman–Crippen LogP) is 3.16. The fourth-order valence-electron chi connectivity index (χ4n) is 3.69. The minimum absolute atomic E-state index is 0.0650. The smallest absolute Gasteiger partial charge is 0.410 e. The minimum atomic E-state index is -0.554. The molecule has 0 saturated carbocycles. The van der Waals surface area contributed by atoms with Gasteiger partial charge in [-0.1, -0.05) is 12.1 Å². The lowest BCUT2D eigenvalue weighted by atomic mass is 9.81. The fourth-order valence-corrected chi connectivity index (χ4v) is 3.69. The van der Waals surface area contributed by atoms with E-state index in [4.69, 9.17) is 14.7 Å². The molecule has 2 fully saturated rings. The molecule has 1 aromatic rings. The lowest BCUT2D eigenvalue weighted by Gasteiger charge is -2.47. The molecule has 0 spiro atoms. The third kappa shape index (κ3) is 3.88. The van der Waals surface area contributed by atoms with Crippen LogP contribution in [-0.4, -0.2) is 47.7 Å². The number of amides is 1. The first-order valence-electron chi connectivity index (χ1n) is 8.92. The van der Waals surface area contributed by atoms with Gasteiger partial charge in [-0.2, -0.15) is 5.26 Å². The number of nitriles is 1. The van der Waals surface area contributed by atoms with Gasteiger partial charge in [0.2, 0.25) is 0 Å². The van der Waals surface area contributed by atoms with Crippen molar-refractivity contribution in [3.8, 4) is 6.07 Å². The van der Waals surface area contributed by atoms with Gasteiger partial charge in [-0.3, -0.25) is 9.69 Å². The molecule has 0 aliphatic carbocycles. The van der Waals surface area contributed by atoms with Gasteiger partial charge in [0, 0.05) is 11.5 Å². The molecule has 0 aromatic heterocycles. The summed E-state index contributed by atoms with van der Waals surface area (Å²) in [5, 5.41) is 8.89. The topological polar surface area (TPSA) is 79.6 Å². The molecule has 26 heavy (non-hydrogen) atoms. The van der Waals surface area contributed by atoms with Crippen molar-refractivity contribution in [3.05, 3.63) is 35.4 Å². The van der Waals surface area contributed by atoms with Gasteiger partial charge in [0.15, 0.2) is 5.78 Å². The number of carbonyl (C=O) groups excluding carboxylic acids is 2. The van der Waals surface area contributed by atoms with Gasteiger partial charge in [0.25, 0.3) is 0 Å². The number of carbonyl (C=O) groups is 2. The van der Waals surface area contributed by atoms with Gasteiger partial charge in [-0.05, 0) is 45.7 Å². The van der Waals surface area contributed by atoms with E-state index < -0.39 is 5.60 Å². The van der Waals surface area contributed by atoms with Crippen LogP contribution in [-0.2, 0) is 9.47 Å². The monoisotopic (exact) mass is 356 g/mol. The van der Waals surface area contributed by atoms with Crippen molar-refractivity contribution in [2.45, 2.75) is 51.3 Å². The van der Waals surface area contributed by atoms with Crippen molar-refractivity contribution in [3.63, 3.8) is 0 Å². The number of nitrogens with zero attached hydrogens (tertiary/aromatic N) is 2. The molecule has 2 saturated heterocycles. The maximum atomic E-state index is 12.9. The number of morpholine rings is 1. The van der Waals surface area contributed by atoms with Crippen LogP contribution in [0.5, 0.6) is 0 Å². The zero-order chi connectivity index (χ0) is 18.9. The molecule has 2 heterocycles. The maximum absolute atomic E-state index is 12.9. The van der Waals surface area contributed by atoms with Crippen LogP contribution < -0.4 is 0 Å². The molecule has 138 valence electrons. The lowest BCUT2D eigenvalue weighted by molar-refractivity contribution is -0.0861. The first-order chi connectivity index (χ1) is 12.3. The van der Waals surface area contributed by atoms with Crippen LogP contribution in [0.4, 0.5) is 4.79 Å². The second-order valence-electron chi connectivity index (χ2n) is 7.95. The number of rotatable bonds is 2. The van der Waals surface area contributed by atoms with E-state index in [2.05, 4.69) is 6.07 Å². The summed E-state index contributed by atoms with van der Waals surface area (Å²) in [7, 11) is 0. The largest absolute Gasteiger partial charge is 0.444 e. The second-order valence-corrected chi connectivity index (χ2v) is 7.95. The van der Waals surface area contributed by atoms with Gasteiger partial charge in [0.1, 0.15) is 5.60 Å². The highest BCUT2D eigenvalue weighted by Gasteiger charge is 2.45. The fraction of sp³-hybridized carbons (Fsp3) is 0.550. The highest BCUT2D eigenvalue weighted by molar-refractivity contribution is 5.98. The number of hydrogen-bond donors (Lipinski definition) is 0. The summed E-state index contributed by atoms with van der Waals surface area (Å²) in [6.45, 7) is 6.38. The van der Waals surface area contributed by atoms with Crippen LogP contribution in [0, 0.1) is 17.2 Å². The SMILES string of the molecule is CC(C)(C)OC(=O)N1C2COCC1CC(C(=O)c1ccc(C#N)cc1)C2.